The van der Waals surface area contributed by atoms with E-state index >= 15 is 0 Å². The van der Waals surface area contributed by atoms with Crippen molar-refractivity contribution in [2.45, 2.75) is 343 Å². The van der Waals surface area contributed by atoms with Gasteiger partial charge >= 0.3 is 39.5 Å². The van der Waals surface area contributed by atoms with Crippen molar-refractivity contribution in [2.24, 2.45) is 23.7 Å². The first kappa shape index (κ1) is 84.1. The number of carbonyl (C=O) groups is 4. The SMILES string of the molecule is CCC(C)CCCCCCCCCCCCC(=O)OC[C@H](COP(=O)(O)OC[C@@H](O)COP(=O)(O)OC[C@@H](COC(=O)CCCCCCCCC(C)C)OC(=O)CCCCCCCCCCCCC(C)CC)OC(=O)CCCCCCCCC(C)C. The lowest BCUT2D eigenvalue weighted by molar-refractivity contribution is -0.161. The second-order valence-corrected chi connectivity index (χ2v) is 28.6. The molecular formula is C67H130O17P2. The van der Waals surface area contributed by atoms with Crippen LogP contribution in [0.3, 0.4) is 0 Å². The molecule has 4 unspecified atom stereocenters. The Labute approximate surface area is 524 Å². The summed E-state index contributed by atoms with van der Waals surface area (Å²) in [4.78, 5) is 72.3. The van der Waals surface area contributed by atoms with Crippen molar-refractivity contribution in [2.75, 3.05) is 39.6 Å². The molecule has 0 heterocycles. The minimum Gasteiger partial charge on any atom is -0.462 e. The molecule has 7 atom stereocenters. The molecule has 0 aromatic rings. The number of phosphoric acid groups is 2. The summed E-state index contributed by atoms with van der Waals surface area (Å²) in [5.41, 5.74) is 0. The highest BCUT2D eigenvalue weighted by Crippen LogP contribution is 2.45. The largest absolute Gasteiger partial charge is 0.472 e. The van der Waals surface area contributed by atoms with Gasteiger partial charge in [-0.05, 0) is 49.4 Å². The molecule has 0 aromatic carbocycles. The first-order valence-electron chi connectivity index (χ1n) is 34.8. The van der Waals surface area contributed by atoms with Crippen LogP contribution in [0.5, 0.6) is 0 Å². The minimum absolute atomic E-state index is 0.101. The van der Waals surface area contributed by atoms with Crippen molar-refractivity contribution in [1.29, 1.82) is 0 Å². The Morgan fingerprint density at radius 3 is 0.826 bits per heavy atom. The molecule has 0 aromatic heterocycles. The van der Waals surface area contributed by atoms with E-state index in [0.29, 0.717) is 37.5 Å². The van der Waals surface area contributed by atoms with Gasteiger partial charge in [0.05, 0.1) is 26.4 Å². The predicted molar refractivity (Wildman–Crippen MR) is 344 cm³/mol. The third kappa shape index (κ3) is 58.4. The summed E-state index contributed by atoms with van der Waals surface area (Å²) < 4.78 is 68.1. The molecule has 19 heteroatoms. The highest BCUT2D eigenvalue weighted by molar-refractivity contribution is 7.47. The van der Waals surface area contributed by atoms with Crippen molar-refractivity contribution in [3.63, 3.8) is 0 Å². The zero-order chi connectivity index (χ0) is 63.9. The molecule has 17 nitrogen and oxygen atoms in total. The van der Waals surface area contributed by atoms with Crippen molar-refractivity contribution in [1.82, 2.24) is 0 Å². The van der Waals surface area contributed by atoms with Crippen LogP contribution >= 0.6 is 15.6 Å². The summed E-state index contributed by atoms with van der Waals surface area (Å²) in [5, 5.41) is 10.6. The van der Waals surface area contributed by atoms with Gasteiger partial charge < -0.3 is 33.8 Å². The number of aliphatic hydroxyl groups excluding tert-OH is 1. The molecule has 0 aliphatic rings. The molecule has 0 aliphatic heterocycles. The van der Waals surface area contributed by atoms with Crippen molar-refractivity contribution in [3.05, 3.63) is 0 Å². The van der Waals surface area contributed by atoms with Gasteiger partial charge in [0.1, 0.15) is 19.3 Å². The highest BCUT2D eigenvalue weighted by atomic mass is 31.2. The van der Waals surface area contributed by atoms with E-state index in [1.54, 1.807) is 0 Å². The molecule has 3 N–H and O–H groups in total. The maximum atomic E-state index is 13.0. The molecule has 510 valence electrons. The Hall–Kier alpha value is -1.94. The second kappa shape index (κ2) is 57.0. The number of esters is 4. The number of hydrogen-bond acceptors (Lipinski definition) is 15. The van der Waals surface area contributed by atoms with Crippen LogP contribution in [-0.2, 0) is 65.4 Å². The molecule has 0 aliphatic carbocycles. The van der Waals surface area contributed by atoms with Gasteiger partial charge in [0.25, 0.3) is 0 Å². The molecule has 0 radical (unpaired) electrons. The van der Waals surface area contributed by atoms with Crippen LogP contribution in [0.1, 0.15) is 325 Å². The molecule has 0 saturated carbocycles. The lowest BCUT2D eigenvalue weighted by atomic mass is 9.99. The standard InChI is InChI=1S/C67H130O17P2/c1-9-59(7)45-37-29-19-15-11-13-17-21-31-39-47-64(69)77-53-63(84-67(72)50-42-34-26-24-28-36-44-58(5)6)56-82-86(75,76)80-52-61(68)51-79-85(73,74)81-55-62(54-78-65(70)48-40-32-25-23-27-35-43-57(3)4)83-66(71)49-41-33-22-18-14-12-16-20-30-38-46-60(8)10-2/h57-63,68H,9-56H2,1-8H3,(H,73,74)(H,75,76)/t59?,60?,61-,62+,63+/m0/s1. The topological polar surface area (TPSA) is 237 Å². The predicted octanol–water partition coefficient (Wildman–Crippen LogP) is 18.5. The quantitative estimate of drug-likeness (QED) is 0.0222. The Morgan fingerprint density at radius 2 is 0.558 bits per heavy atom. The molecule has 0 fully saturated rings. The normalized spacial score (nSPS) is 15.0. The Bertz CT molecular complexity index is 1720. The van der Waals surface area contributed by atoms with Crippen LogP contribution in [-0.4, -0.2) is 96.7 Å². The fourth-order valence-corrected chi connectivity index (χ4v) is 11.5. The summed E-state index contributed by atoms with van der Waals surface area (Å²) in [7, 11) is -9.89. The van der Waals surface area contributed by atoms with Gasteiger partial charge in [0.2, 0.25) is 0 Å². The van der Waals surface area contributed by atoms with Crippen molar-refractivity contribution < 1.29 is 80.2 Å². The maximum Gasteiger partial charge on any atom is 0.472 e. The smallest absolute Gasteiger partial charge is 0.462 e. The number of ether oxygens (including phenoxy) is 4. The summed E-state index contributed by atoms with van der Waals surface area (Å²) in [6.45, 7) is 14.0. The minimum atomic E-state index is -4.95. The van der Waals surface area contributed by atoms with E-state index in [0.717, 1.165) is 108 Å². The maximum absolute atomic E-state index is 13.0. The van der Waals surface area contributed by atoms with E-state index in [4.69, 9.17) is 37.0 Å². The first-order valence-corrected chi connectivity index (χ1v) is 37.8. The number of unbranched alkanes of at least 4 members (excludes halogenated alkanes) is 28. The third-order valence-corrected chi connectivity index (χ3v) is 17.9. The highest BCUT2D eigenvalue weighted by Gasteiger charge is 2.30. The van der Waals surface area contributed by atoms with E-state index < -0.39 is 97.5 Å². The van der Waals surface area contributed by atoms with Crippen molar-refractivity contribution >= 4 is 39.5 Å². The molecule has 0 rings (SSSR count). The van der Waals surface area contributed by atoms with Crippen molar-refractivity contribution in [3.8, 4) is 0 Å². The first-order chi connectivity index (χ1) is 41.2. The van der Waals surface area contributed by atoms with Crippen LogP contribution in [0.15, 0.2) is 0 Å². The van der Waals surface area contributed by atoms with E-state index in [9.17, 15) is 43.2 Å². The van der Waals surface area contributed by atoms with Gasteiger partial charge in [-0.1, -0.05) is 274 Å². The van der Waals surface area contributed by atoms with Gasteiger partial charge in [-0.25, -0.2) is 9.13 Å². The van der Waals surface area contributed by atoms with Crippen LogP contribution in [0.2, 0.25) is 0 Å². The molecule has 0 saturated heterocycles. The zero-order valence-corrected chi connectivity index (χ0v) is 57.7. The monoisotopic (exact) mass is 1270 g/mol. The van der Waals surface area contributed by atoms with Crippen LogP contribution in [0.25, 0.3) is 0 Å². The van der Waals surface area contributed by atoms with Crippen LogP contribution in [0, 0.1) is 23.7 Å². The average molecular weight is 1270 g/mol. The average Bonchev–Trinajstić information content (AvgIpc) is 3.67. The Balaban J connectivity index is 5.22. The number of rotatable bonds is 64. The lowest BCUT2D eigenvalue weighted by Gasteiger charge is -2.21. The Kier molecular flexibility index (Phi) is 55.7. The third-order valence-electron chi connectivity index (χ3n) is 16.0. The number of carbonyl (C=O) groups excluding carboxylic acids is 4. The second-order valence-electron chi connectivity index (χ2n) is 25.6. The van der Waals surface area contributed by atoms with Gasteiger partial charge in [-0.2, -0.15) is 0 Å². The molecule has 0 bridgehead atoms. The van der Waals surface area contributed by atoms with E-state index in [-0.39, 0.29) is 25.7 Å². The molecule has 0 spiro atoms. The number of hydrogen-bond donors (Lipinski definition) is 3. The van der Waals surface area contributed by atoms with Gasteiger partial charge in [0.15, 0.2) is 12.2 Å². The van der Waals surface area contributed by atoms with Gasteiger partial charge in [-0.15, -0.1) is 0 Å². The van der Waals surface area contributed by atoms with Gasteiger partial charge in [-0.3, -0.25) is 37.3 Å². The summed E-state index contributed by atoms with van der Waals surface area (Å²) in [6.07, 6.45) is 37.7. The molecule has 0 amide bonds. The zero-order valence-electron chi connectivity index (χ0n) is 55.9. The summed E-state index contributed by atoms with van der Waals surface area (Å²) in [5.74, 6) is 0.822. The Morgan fingerprint density at radius 1 is 0.326 bits per heavy atom. The van der Waals surface area contributed by atoms with E-state index in [1.807, 2.05) is 0 Å². The van der Waals surface area contributed by atoms with Crippen LogP contribution < -0.4 is 0 Å². The fraction of sp³-hybridized carbons (Fsp3) is 0.940. The van der Waals surface area contributed by atoms with Gasteiger partial charge in [0, 0.05) is 25.7 Å². The molecular weight excluding hydrogens is 1140 g/mol. The summed E-state index contributed by atoms with van der Waals surface area (Å²) in [6, 6.07) is 0. The van der Waals surface area contributed by atoms with E-state index in [1.165, 1.54) is 122 Å². The van der Waals surface area contributed by atoms with E-state index in [2.05, 4.69) is 55.4 Å². The lowest BCUT2D eigenvalue weighted by Crippen LogP contribution is -2.30. The number of aliphatic hydroxyl groups is 1. The molecule has 86 heavy (non-hydrogen) atoms. The number of phosphoric ester groups is 2. The van der Waals surface area contributed by atoms with Crippen LogP contribution in [0.4, 0.5) is 0 Å². The fourth-order valence-electron chi connectivity index (χ4n) is 9.89. The summed E-state index contributed by atoms with van der Waals surface area (Å²) >= 11 is 0.